The van der Waals surface area contributed by atoms with Crippen LogP contribution in [0.3, 0.4) is 0 Å². The Morgan fingerprint density at radius 3 is 2.91 bits per heavy atom. The molecule has 0 fully saturated rings. The van der Waals surface area contributed by atoms with Gasteiger partial charge in [0, 0.05) is 12.1 Å². The number of ether oxygens (including phenoxy) is 1. The van der Waals surface area contributed by atoms with Crippen LogP contribution in [0.4, 0.5) is 4.39 Å². The fraction of sp³-hybridized carbons (Fsp3) is 0.125. The monoisotopic (exact) mass is 315 g/mol. The first-order valence-corrected chi connectivity index (χ1v) is 6.84. The number of hydrogen-bond acceptors (Lipinski definition) is 4. The lowest BCUT2D eigenvalue weighted by Crippen LogP contribution is -2.18. The van der Waals surface area contributed by atoms with Crippen LogP contribution in [0.2, 0.25) is 0 Å². The second kappa shape index (κ2) is 6.05. The second-order valence-corrected chi connectivity index (χ2v) is 4.99. The van der Waals surface area contributed by atoms with E-state index in [0.29, 0.717) is 17.6 Å². The smallest absolute Gasteiger partial charge is 0.274 e. The van der Waals surface area contributed by atoms with E-state index in [1.54, 1.807) is 42.1 Å². The lowest BCUT2D eigenvalue weighted by Gasteiger charge is -2.08. The van der Waals surface area contributed by atoms with Crippen molar-refractivity contribution in [3.8, 4) is 5.75 Å². The average Bonchev–Trinajstić information content (AvgIpc) is 2.98. The van der Waals surface area contributed by atoms with Gasteiger partial charge in [0.05, 0.1) is 24.5 Å². The summed E-state index contributed by atoms with van der Waals surface area (Å²) in [5.41, 5.74) is 4.20. The topological polar surface area (TPSA) is 76.4 Å². The second-order valence-electron chi connectivity index (χ2n) is 4.99. The molecule has 23 heavy (non-hydrogen) atoms. The van der Waals surface area contributed by atoms with Gasteiger partial charge in [-0.15, -0.1) is 0 Å². The first-order chi connectivity index (χ1) is 11.1. The van der Waals surface area contributed by atoms with Gasteiger partial charge in [-0.25, -0.2) is 14.9 Å². The largest absolute Gasteiger partial charge is 0.494 e. The molecule has 0 saturated heterocycles. The number of methoxy groups -OCH3 is 1. The Balaban J connectivity index is 1.98. The maximum Gasteiger partial charge on any atom is 0.274 e. The van der Waals surface area contributed by atoms with Crippen LogP contribution in [0.15, 0.2) is 42.7 Å². The summed E-state index contributed by atoms with van der Waals surface area (Å²) in [5.74, 6) is -0.844. The molecule has 6 nitrogen and oxygen atoms in total. The quantitative estimate of drug-likeness (QED) is 0.572. The van der Waals surface area contributed by atoms with Crippen molar-refractivity contribution in [2.45, 2.75) is 6.54 Å². The fourth-order valence-corrected chi connectivity index (χ4v) is 2.39. The standard InChI is InChI=1S/C16H14FN3O3/c1-23-15-6-10(2-4-12(15)17)8-20-9-18-13-5-3-11(7-14(13)20)16(21)19-22/h2-7,9,22H,8H2,1H3,(H,19,21). The molecule has 0 atom stereocenters. The van der Waals surface area contributed by atoms with E-state index in [9.17, 15) is 9.18 Å². The molecule has 3 rings (SSSR count). The number of rotatable bonds is 4. The maximum absolute atomic E-state index is 13.5. The Morgan fingerprint density at radius 1 is 1.35 bits per heavy atom. The van der Waals surface area contributed by atoms with Crippen LogP contribution >= 0.6 is 0 Å². The molecule has 0 aliphatic heterocycles. The predicted molar refractivity (Wildman–Crippen MR) is 81.0 cm³/mol. The highest BCUT2D eigenvalue weighted by Gasteiger charge is 2.10. The molecule has 0 saturated carbocycles. The summed E-state index contributed by atoms with van der Waals surface area (Å²) in [6, 6.07) is 9.53. The number of hydrogen-bond donors (Lipinski definition) is 2. The summed E-state index contributed by atoms with van der Waals surface area (Å²) in [6.07, 6.45) is 1.64. The highest BCUT2D eigenvalue weighted by Crippen LogP contribution is 2.21. The molecule has 1 amide bonds. The third-order valence-corrected chi connectivity index (χ3v) is 3.55. The van der Waals surface area contributed by atoms with E-state index in [0.717, 1.165) is 11.1 Å². The number of carbonyl (C=O) groups excluding carboxylic acids is 1. The van der Waals surface area contributed by atoms with Crippen LogP contribution in [-0.4, -0.2) is 27.8 Å². The minimum Gasteiger partial charge on any atom is -0.494 e. The lowest BCUT2D eigenvalue weighted by molar-refractivity contribution is 0.0706. The number of fused-ring (bicyclic) bond motifs is 1. The van der Waals surface area contributed by atoms with Crippen molar-refractivity contribution < 1.29 is 19.1 Å². The number of imidazole rings is 1. The Bertz CT molecular complexity index is 876. The van der Waals surface area contributed by atoms with Crippen LogP contribution in [0.1, 0.15) is 15.9 Å². The molecule has 1 heterocycles. The molecular formula is C16H14FN3O3. The van der Waals surface area contributed by atoms with E-state index in [-0.39, 0.29) is 5.75 Å². The van der Waals surface area contributed by atoms with Gasteiger partial charge < -0.3 is 9.30 Å². The zero-order valence-electron chi connectivity index (χ0n) is 12.3. The summed E-state index contributed by atoms with van der Waals surface area (Å²) < 4.78 is 20.3. The molecular weight excluding hydrogens is 301 g/mol. The van der Waals surface area contributed by atoms with Gasteiger partial charge in [0.2, 0.25) is 0 Å². The molecule has 0 aliphatic carbocycles. The lowest BCUT2D eigenvalue weighted by atomic mass is 10.1. The van der Waals surface area contributed by atoms with Crippen molar-refractivity contribution in [3.05, 3.63) is 59.7 Å². The van der Waals surface area contributed by atoms with Crippen molar-refractivity contribution in [2.24, 2.45) is 0 Å². The van der Waals surface area contributed by atoms with E-state index in [2.05, 4.69) is 4.98 Å². The molecule has 2 aromatic carbocycles. The third kappa shape index (κ3) is 2.86. The van der Waals surface area contributed by atoms with Gasteiger partial charge in [0.25, 0.3) is 5.91 Å². The first kappa shape index (κ1) is 15.0. The number of nitrogens with zero attached hydrogens (tertiary/aromatic N) is 2. The van der Waals surface area contributed by atoms with Crippen LogP contribution in [-0.2, 0) is 6.54 Å². The van der Waals surface area contributed by atoms with Crippen LogP contribution in [0.25, 0.3) is 11.0 Å². The molecule has 0 radical (unpaired) electrons. The van der Waals surface area contributed by atoms with Gasteiger partial charge in [0.1, 0.15) is 0 Å². The van der Waals surface area contributed by atoms with Gasteiger partial charge >= 0.3 is 0 Å². The van der Waals surface area contributed by atoms with E-state index >= 15 is 0 Å². The highest BCUT2D eigenvalue weighted by atomic mass is 19.1. The normalized spacial score (nSPS) is 10.7. The van der Waals surface area contributed by atoms with Crippen molar-refractivity contribution in [1.29, 1.82) is 0 Å². The average molecular weight is 315 g/mol. The van der Waals surface area contributed by atoms with Gasteiger partial charge in [-0.1, -0.05) is 6.07 Å². The minimum atomic E-state index is -0.594. The Labute approximate surface area is 131 Å². The van der Waals surface area contributed by atoms with E-state index in [4.69, 9.17) is 9.94 Å². The van der Waals surface area contributed by atoms with Gasteiger partial charge in [-0.2, -0.15) is 0 Å². The maximum atomic E-state index is 13.5. The molecule has 2 N–H and O–H groups in total. The number of carbonyl (C=O) groups is 1. The van der Waals surface area contributed by atoms with E-state index in [1.165, 1.54) is 13.2 Å². The SMILES string of the molecule is COc1cc(Cn2cnc3ccc(C(=O)NO)cc32)ccc1F. The fourth-order valence-electron chi connectivity index (χ4n) is 2.39. The minimum absolute atomic E-state index is 0.173. The summed E-state index contributed by atoms with van der Waals surface area (Å²) in [5, 5.41) is 8.73. The zero-order valence-corrected chi connectivity index (χ0v) is 12.3. The number of aromatic nitrogens is 2. The number of hydroxylamine groups is 1. The van der Waals surface area contributed by atoms with Gasteiger partial charge in [-0.3, -0.25) is 10.0 Å². The van der Waals surface area contributed by atoms with Gasteiger partial charge in [0.15, 0.2) is 11.6 Å². The highest BCUT2D eigenvalue weighted by molar-refractivity contribution is 5.96. The van der Waals surface area contributed by atoms with E-state index < -0.39 is 11.7 Å². The van der Waals surface area contributed by atoms with Crippen molar-refractivity contribution in [1.82, 2.24) is 15.0 Å². The summed E-state index contributed by atoms with van der Waals surface area (Å²) in [7, 11) is 1.41. The summed E-state index contributed by atoms with van der Waals surface area (Å²) >= 11 is 0. The Kier molecular flexibility index (Phi) is 3.94. The Hall–Kier alpha value is -2.93. The van der Waals surface area contributed by atoms with Crippen molar-refractivity contribution >= 4 is 16.9 Å². The van der Waals surface area contributed by atoms with Crippen molar-refractivity contribution in [3.63, 3.8) is 0 Å². The molecule has 1 aromatic heterocycles. The van der Waals surface area contributed by atoms with Crippen LogP contribution in [0.5, 0.6) is 5.75 Å². The zero-order chi connectivity index (χ0) is 16.4. The molecule has 118 valence electrons. The molecule has 0 spiro atoms. The van der Waals surface area contributed by atoms with Crippen molar-refractivity contribution in [2.75, 3.05) is 7.11 Å². The number of nitrogens with one attached hydrogen (secondary N) is 1. The third-order valence-electron chi connectivity index (χ3n) is 3.55. The van der Waals surface area contributed by atoms with Gasteiger partial charge in [-0.05, 0) is 35.9 Å². The molecule has 3 aromatic rings. The molecule has 7 heteroatoms. The number of halogens is 1. The van der Waals surface area contributed by atoms with Crippen LogP contribution in [0, 0.1) is 5.82 Å². The Morgan fingerprint density at radius 2 is 2.17 bits per heavy atom. The number of amides is 1. The first-order valence-electron chi connectivity index (χ1n) is 6.84. The van der Waals surface area contributed by atoms with Crippen LogP contribution < -0.4 is 10.2 Å². The predicted octanol–water partition coefficient (Wildman–Crippen LogP) is 2.35. The molecule has 0 aliphatic rings. The molecule has 0 bridgehead atoms. The molecule has 0 unspecified atom stereocenters. The number of benzene rings is 2. The summed E-state index contributed by atoms with van der Waals surface area (Å²) in [6.45, 7) is 0.442. The summed E-state index contributed by atoms with van der Waals surface area (Å²) in [4.78, 5) is 15.8. The van der Waals surface area contributed by atoms with E-state index in [1.807, 2.05) is 4.57 Å².